The van der Waals surface area contributed by atoms with Crippen molar-refractivity contribution >= 4 is 39.1 Å². The highest BCUT2D eigenvalue weighted by Gasteiger charge is 2.34. The number of rotatable bonds is 11. The number of halogens is 2. The second kappa shape index (κ2) is 14.0. The molecule has 0 saturated heterocycles. The van der Waals surface area contributed by atoms with Gasteiger partial charge in [-0.2, -0.15) is 0 Å². The first-order chi connectivity index (χ1) is 19.6. The maximum absolute atomic E-state index is 14.7. The molecule has 1 atom stereocenters. The first kappa shape index (κ1) is 30.5. The fourth-order valence-corrected chi connectivity index (χ4v) is 6.11. The summed E-state index contributed by atoms with van der Waals surface area (Å²) in [5.41, 5.74) is 1.32. The van der Waals surface area contributed by atoms with Crippen LogP contribution in [0.4, 0.5) is 10.1 Å². The maximum atomic E-state index is 14.7. The molecule has 0 heterocycles. The molecule has 0 bridgehead atoms. The van der Waals surface area contributed by atoms with Crippen LogP contribution in [-0.4, -0.2) is 50.0 Å². The van der Waals surface area contributed by atoms with E-state index in [0.29, 0.717) is 10.6 Å². The molecule has 41 heavy (non-hydrogen) atoms. The summed E-state index contributed by atoms with van der Waals surface area (Å²) in [7, 11) is -4.05. The molecule has 0 spiro atoms. The van der Waals surface area contributed by atoms with Gasteiger partial charge in [-0.25, -0.2) is 12.8 Å². The summed E-state index contributed by atoms with van der Waals surface area (Å²) in [5.74, 6) is -1.71. The number of anilines is 1. The standard InChI is InChI=1S/C31H35ClFN3O4S/c1-41(39,40)36(28-15-9-8-14-27(28)33)22-30(37)35(21-24-16-18-25(32)19-17-24)29(20-23-10-4-2-5-11-23)31(38)34-26-12-6-3-7-13-26/h2,4-5,8-11,14-19,26,29H,3,6-7,12-13,20-22H2,1H3,(H,34,38). The smallest absolute Gasteiger partial charge is 0.244 e. The van der Waals surface area contributed by atoms with Gasteiger partial charge in [-0.15, -0.1) is 0 Å². The van der Waals surface area contributed by atoms with Gasteiger partial charge >= 0.3 is 0 Å². The van der Waals surface area contributed by atoms with E-state index in [9.17, 15) is 22.4 Å². The SMILES string of the molecule is CS(=O)(=O)N(CC(=O)N(Cc1ccc(Cl)cc1)C(Cc1ccccc1)C(=O)NC1CCCCC1)c1ccccc1F. The van der Waals surface area contributed by atoms with Crippen LogP contribution in [-0.2, 0) is 32.6 Å². The van der Waals surface area contributed by atoms with Crippen LogP contribution in [0.15, 0.2) is 78.9 Å². The molecule has 1 N–H and O–H groups in total. The van der Waals surface area contributed by atoms with Crippen molar-refractivity contribution in [1.29, 1.82) is 0 Å². The highest BCUT2D eigenvalue weighted by atomic mass is 35.5. The number of benzene rings is 3. The number of nitrogens with zero attached hydrogens (tertiary/aromatic N) is 2. The first-order valence-electron chi connectivity index (χ1n) is 13.7. The van der Waals surface area contributed by atoms with E-state index >= 15 is 0 Å². The molecule has 0 aliphatic heterocycles. The number of nitrogens with one attached hydrogen (secondary N) is 1. The molecule has 10 heteroatoms. The van der Waals surface area contributed by atoms with E-state index in [-0.39, 0.29) is 30.6 Å². The van der Waals surface area contributed by atoms with Crippen LogP contribution in [0.5, 0.6) is 0 Å². The van der Waals surface area contributed by atoms with E-state index in [1.165, 1.54) is 23.1 Å². The Labute approximate surface area is 246 Å². The summed E-state index contributed by atoms with van der Waals surface area (Å²) in [4.78, 5) is 29.4. The predicted octanol–water partition coefficient (Wildman–Crippen LogP) is 5.33. The van der Waals surface area contributed by atoms with Crippen LogP contribution < -0.4 is 9.62 Å². The van der Waals surface area contributed by atoms with Crippen LogP contribution >= 0.6 is 11.6 Å². The van der Waals surface area contributed by atoms with Crippen molar-refractivity contribution in [3.05, 3.63) is 101 Å². The number of carbonyl (C=O) groups excluding carboxylic acids is 2. The quantitative estimate of drug-likeness (QED) is 0.323. The Morgan fingerprint density at radius 1 is 0.927 bits per heavy atom. The summed E-state index contributed by atoms with van der Waals surface area (Å²) in [5, 5.41) is 3.67. The molecule has 1 fully saturated rings. The Morgan fingerprint density at radius 2 is 1.56 bits per heavy atom. The van der Waals surface area contributed by atoms with E-state index in [2.05, 4.69) is 5.32 Å². The molecule has 3 aromatic rings. The van der Waals surface area contributed by atoms with Crippen molar-refractivity contribution in [2.45, 2.75) is 57.2 Å². The van der Waals surface area contributed by atoms with E-state index in [1.54, 1.807) is 24.3 Å². The molecule has 1 unspecified atom stereocenters. The van der Waals surface area contributed by atoms with Gasteiger partial charge in [0, 0.05) is 24.0 Å². The van der Waals surface area contributed by atoms with Crippen molar-refractivity contribution in [3.8, 4) is 0 Å². The van der Waals surface area contributed by atoms with Gasteiger partial charge in [0.05, 0.1) is 11.9 Å². The van der Waals surface area contributed by atoms with Crippen molar-refractivity contribution in [1.82, 2.24) is 10.2 Å². The Bertz CT molecular complexity index is 1430. The van der Waals surface area contributed by atoms with Gasteiger partial charge in [0.1, 0.15) is 18.4 Å². The number of carbonyl (C=O) groups is 2. The second-order valence-corrected chi connectivity index (χ2v) is 12.8. The highest BCUT2D eigenvalue weighted by Crippen LogP contribution is 2.24. The molecule has 4 rings (SSSR count). The molecule has 0 aromatic heterocycles. The van der Waals surface area contributed by atoms with Crippen molar-refractivity contribution < 1.29 is 22.4 Å². The third-order valence-electron chi connectivity index (χ3n) is 7.29. The zero-order chi connectivity index (χ0) is 29.4. The fourth-order valence-electron chi connectivity index (χ4n) is 5.13. The van der Waals surface area contributed by atoms with E-state index in [0.717, 1.165) is 54.3 Å². The monoisotopic (exact) mass is 599 g/mol. The average molecular weight is 600 g/mol. The average Bonchev–Trinajstić information content (AvgIpc) is 2.95. The van der Waals surface area contributed by atoms with Gasteiger partial charge in [-0.05, 0) is 48.2 Å². The molecule has 7 nitrogen and oxygen atoms in total. The van der Waals surface area contributed by atoms with Gasteiger partial charge in [0.2, 0.25) is 21.8 Å². The minimum Gasteiger partial charge on any atom is -0.352 e. The van der Waals surface area contributed by atoms with E-state index in [4.69, 9.17) is 11.6 Å². The minimum absolute atomic E-state index is 0.00735. The predicted molar refractivity (Wildman–Crippen MR) is 160 cm³/mol. The van der Waals surface area contributed by atoms with Crippen LogP contribution in [0.3, 0.4) is 0 Å². The number of para-hydroxylation sites is 1. The van der Waals surface area contributed by atoms with Crippen molar-refractivity contribution in [3.63, 3.8) is 0 Å². The summed E-state index contributed by atoms with van der Waals surface area (Å²) >= 11 is 6.09. The largest absolute Gasteiger partial charge is 0.352 e. The summed E-state index contributed by atoms with van der Waals surface area (Å²) in [6.07, 6.45) is 6.04. The molecule has 0 radical (unpaired) electrons. The minimum atomic E-state index is -4.05. The lowest BCUT2D eigenvalue weighted by atomic mass is 9.94. The Morgan fingerprint density at radius 3 is 2.20 bits per heavy atom. The van der Waals surface area contributed by atoms with Crippen molar-refractivity contribution in [2.75, 3.05) is 17.1 Å². The van der Waals surface area contributed by atoms with Crippen LogP contribution in [0.25, 0.3) is 0 Å². The Balaban J connectivity index is 1.72. The number of hydrogen-bond donors (Lipinski definition) is 1. The molecule has 218 valence electrons. The Kier molecular flexibility index (Phi) is 10.4. The molecule has 1 aliphatic carbocycles. The molecule has 1 aliphatic rings. The van der Waals surface area contributed by atoms with Crippen LogP contribution in [0.1, 0.15) is 43.2 Å². The van der Waals surface area contributed by atoms with Gasteiger partial charge in [0.15, 0.2) is 0 Å². The highest BCUT2D eigenvalue weighted by molar-refractivity contribution is 7.92. The number of hydrogen-bond acceptors (Lipinski definition) is 4. The Hall–Kier alpha value is -3.43. The zero-order valence-corrected chi connectivity index (χ0v) is 24.6. The van der Waals surface area contributed by atoms with Crippen LogP contribution in [0.2, 0.25) is 5.02 Å². The van der Waals surface area contributed by atoms with E-state index < -0.39 is 34.3 Å². The van der Waals surface area contributed by atoms with Crippen molar-refractivity contribution in [2.24, 2.45) is 0 Å². The lowest BCUT2D eigenvalue weighted by Crippen LogP contribution is -2.55. The number of sulfonamides is 1. The molecule has 3 aromatic carbocycles. The second-order valence-electron chi connectivity index (χ2n) is 10.4. The van der Waals surface area contributed by atoms with Gasteiger partial charge < -0.3 is 10.2 Å². The molecule has 2 amide bonds. The maximum Gasteiger partial charge on any atom is 0.244 e. The van der Waals surface area contributed by atoms with E-state index in [1.807, 2.05) is 30.3 Å². The van der Waals surface area contributed by atoms with Gasteiger partial charge in [-0.3, -0.25) is 13.9 Å². The topological polar surface area (TPSA) is 86.8 Å². The number of amides is 2. The third kappa shape index (κ3) is 8.53. The fraction of sp³-hybridized carbons (Fsp3) is 0.355. The summed E-state index contributed by atoms with van der Waals surface area (Å²) < 4.78 is 41.1. The molecule has 1 saturated carbocycles. The van der Waals surface area contributed by atoms with Crippen LogP contribution in [0, 0.1) is 5.82 Å². The lowest BCUT2D eigenvalue weighted by molar-refractivity contribution is -0.140. The summed E-state index contributed by atoms with van der Waals surface area (Å²) in [6.45, 7) is -0.643. The normalized spacial score (nSPS) is 14.7. The van der Waals surface area contributed by atoms with Gasteiger partial charge in [0.25, 0.3) is 0 Å². The summed E-state index contributed by atoms with van der Waals surface area (Å²) in [6, 6.07) is 20.7. The first-order valence-corrected chi connectivity index (χ1v) is 15.9. The third-order valence-corrected chi connectivity index (χ3v) is 8.67. The zero-order valence-electron chi connectivity index (χ0n) is 23.0. The van der Waals surface area contributed by atoms with Gasteiger partial charge in [-0.1, -0.05) is 85.5 Å². The molecular formula is C31H35ClFN3O4S. The lowest BCUT2D eigenvalue weighted by Gasteiger charge is -2.35. The molecular weight excluding hydrogens is 565 g/mol.